The molecule has 4 heteroatoms. The lowest BCUT2D eigenvalue weighted by molar-refractivity contribution is 0.314. The molecule has 0 bridgehead atoms. The first-order chi connectivity index (χ1) is 9.90. The normalized spacial score (nSPS) is 19.5. The molecule has 0 spiro atoms. The number of hydrogen-bond donors (Lipinski definition) is 1. The third-order valence-electron chi connectivity index (χ3n) is 3.83. The standard InChI is InChI=1S/C16H21N3S/c1-2-4-14(5-3-1)11-19-7-6-15(12-19)8-17-9-16-10-18-13-20-16/h1-5,10,13,15,17H,6-9,11-12H2. The van der Waals surface area contributed by atoms with Gasteiger partial charge >= 0.3 is 0 Å². The van der Waals surface area contributed by atoms with Crippen LogP contribution >= 0.6 is 11.3 Å². The second-order valence-electron chi connectivity index (χ2n) is 5.47. The van der Waals surface area contributed by atoms with Crippen molar-refractivity contribution in [3.63, 3.8) is 0 Å². The molecule has 0 amide bonds. The highest BCUT2D eigenvalue weighted by molar-refractivity contribution is 7.09. The van der Waals surface area contributed by atoms with Crippen LogP contribution in [0.25, 0.3) is 0 Å². The molecule has 20 heavy (non-hydrogen) atoms. The Labute approximate surface area is 124 Å². The molecule has 2 heterocycles. The van der Waals surface area contributed by atoms with Gasteiger partial charge in [0, 0.05) is 30.7 Å². The lowest BCUT2D eigenvalue weighted by Crippen LogP contribution is -2.26. The second-order valence-corrected chi connectivity index (χ2v) is 6.44. The molecule has 0 saturated carbocycles. The average molecular weight is 287 g/mol. The van der Waals surface area contributed by atoms with E-state index < -0.39 is 0 Å². The van der Waals surface area contributed by atoms with Gasteiger partial charge in [-0.05, 0) is 31.0 Å². The molecular weight excluding hydrogens is 266 g/mol. The van der Waals surface area contributed by atoms with Crippen molar-refractivity contribution in [2.45, 2.75) is 19.5 Å². The van der Waals surface area contributed by atoms with Crippen LogP contribution in [0.3, 0.4) is 0 Å². The van der Waals surface area contributed by atoms with E-state index in [9.17, 15) is 0 Å². The molecule has 1 aromatic carbocycles. The molecule has 1 aromatic heterocycles. The number of nitrogens with zero attached hydrogens (tertiary/aromatic N) is 2. The molecule has 0 aliphatic carbocycles. The summed E-state index contributed by atoms with van der Waals surface area (Å²) < 4.78 is 0. The molecule has 3 nitrogen and oxygen atoms in total. The van der Waals surface area contributed by atoms with E-state index in [-0.39, 0.29) is 0 Å². The largest absolute Gasteiger partial charge is 0.311 e. The maximum absolute atomic E-state index is 4.10. The molecular formula is C16H21N3S. The van der Waals surface area contributed by atoms with Crippen LogP contribution in [0.1, 0.15) is 16.9 Å². The first-order valence-corrected chi connectivity index (χ1v) is 8.12. The van der Waals surface area contributed by atoms with Crippen LogP contribution < -0.4 is 5.32 Å². The fraction of sp³-hybridized carbons (Fsp3) is 0.438. The zero-order valence-corrected chi connectivity index (χ0v) is 12.5. The maximum atomic E-state index is 4.10. The van der Waals surface area contributed by atoms with Crippen molar-refractivity contribution in [2.75, 3.05) is 19.6 Å². The highest BCUT2D eigenvalue weighted by atomic mass is 32.1. The van der Waals surface area contributed by atoms with Gasteiger partial charge < -0.3 is 5.32 Å². The molecule has 1 aliphatic rings. The Bertz CT molecular complexity index is 498. The van der Waals surface area contributed by atoms with Crippen molar-refractivity contribution in [1.82, 2.24) is 15.2 Å². The topological polar surface area (TPSA) is 28.2 Å². The first kappa shape index (κ1) is 13.7. The summed E-state index contributed by atoms with van der Waals surface area (Å²) >= 11 is 1.72. The average Bonchev–Trinajstić information content (AvgIpc) is 3.12. The molecule has 1 aliphatic heterocycles. The van der Waals surface area contributed by atoms with E-state index in [4.69, 9.17) is 0 Å². The van der Waals surface area contributed by atoms with Gasteiger partial charge in [-0.1, -0.05) is 30.3 Å². The molecule has 106 valence electrons. The van der Waals surface area contributed by atoms with Crippen molar-refractivity contribution in [3.8, 4) is 0 Å². The van der Waals surface area contributed by atoms with E-state index >= 15 is 0 Å². The lowest BCUT2D eigenvalue weighted by atomic mass is 10.1. The molecule has 2 aromatic rings. The van der Waals surface area contributed by atoms with Gasteiger partial charge in [-0.3, -0.25) is 9.88 Å². The smallest absolute Gasteiger partial charge is 0.0794 e. The van der Waals surface area contributed by atoms with Gasteiger partial charge in [0.05, 0.1) is 5.51 Å². The number of thiazole rings is 1. The van der Waals surface area contributed by atoms with Crippen molar-refractivity contribution >= 4 is 11.3 Å². The summed E-state index contributed by atoms with van der Waals surface area (Å²) in [5.41, 5.74) is 3.32. The Morgan fingerprint density at radius 3 is 3.00 bits per heavy atom. The summed E-state index contributed by atoms with van der Waals surface area (Å²) in [6, 6.07) is 10.8. The minimum absolute atomic E-state index is 0.784. The Kier molecular flexibility index (Phi) is 4.79. The van der Waals surface area contributed by atoms with Gasteiger partial charge in [-0.2, -0.15) is 0 Å². The quantitative estimate of drug-likeness (QED) is 0.885. The zero-order valence-electron chi connectivity index (χ0n) is 11.7. The van der Waals surface area contributed by atoms with Gasteiger partial charge in [0.1, 0.15) is 0 Å². The molecule has 1 unspecified atom stereocenters. The summed E-state index contributed by atoms with van der Waals surface area (Å²) in [5, 5.41) is 3.56. The molecule has 1 fully saturated rings. The van der Waals surface area contributed by atoms with E-state index in [0.717, 1.165) is 25.6 Å². The van der Waals surface area contributed by atoms with Gasteiger partial charge in [0.15, 0.2) is 0 Å². The number of benzene rings is 1. The Hall–Kier alpha value is -1.23. The van der Waals surface area contributed by atoms with Crippen LogP contribution in [0, 0.1) is 5.92 Å². The van der Waals surface area contributed by atoms with Gasteiger partial charge in [0.2, 0.25) is 0 Å². The fourth-order valence-electron chi connectivity index (χ4n) is 2.79. The van der Waals surface area contributed by atoms with Crippen molar-refractivity contribution in [3.05, 3.63) is 52.5 Å². The van der Waals surface area contributed by atoms with Gasteiger partial charge in [-0.25, -0.2) is 0 Å². The summed E-state index contributed by atoms with van der Waals surface area (Å²) in [5.74, 6) is 0.784. The summed E-state index contributed by atoms with van der Waals surface area (Å²) in [4.78, 5) is 7.99. The van der Waals surface area contributed by atoms with Gasteiger partial charge in [0.25, 0.3) is 0 Å². The first-order valence-electron chi connectivity index (χ1n) is 7.24. The second kappa shape index (κ2) is 6.97. The van der Waals surface area contributed by atoms with Crippen LogP contribution in [0.2, 0.25) is 0 Å². The van der Waals surface area contributed by atoms with Crippen LogP contribution in [0.5, 0.6) is 0 Å². The Balaban J connectivity index is 1.38. The fourth-order valence-corrected chi connectivity index (χ4v) is 3.36. The Morgan fingerprint density at radius 1 is 1.30 bits per heavy atom. The highest BCUT2D eigenvalue weighted by Gasteiger charge is 2.21. The summed E-state index contributed by atoms with van der Waals surface area (Å²) in [6.45, 7) is 5.60. The number of rotatable bonds is 6. The van der Waals surface area contributed by atoms with Crippen molar-refractivity contribution < 1.29 is 0 Å². The third kappa shape index (κ3) is 3.88. The predicted octanol–water partition coefficient (Wildman–Crippen LogP) is 2.75. The van der Waals surface area contributed by atoms with E-state index in [2.05, 4.69) is 45.5 Å². The minimum atomic E-state index is 0.784. The number of aromatic nitrogens is 1. The number of nitrogens with one attached hydrogen (secondary N) is 1. The van der Waals surface area contributed by atoms with E-state index in [0.29, 0.717) is 0 Å². The molecule has 1 atom stereocenters. The van der Waals surface area contributed by atoms with Crippen LogP contribution in [-0.4, -0.2) is 29.5 Å². The van der Waals surface area contributed by atoms with Crippen LogP contribution in [-0.2, 0) is 13.1 Å². The molecule has 3 rings (SSSR count). The SMILES string of the molecule is c1ccc(CN2CCC(CNCc3cncs3)C2)cc1. The molecule has 1 N–H and O–H groups in total. The summed E-state index contributed by atoms with van der Waals surface area (Å²) in [7, 11) is 0. The third-order valence-corrected chi connectivity index (χ3v) is 4.61. The zero-order chi connectivity index (χ0) is 13.6. The Morgan fingerprint density at radius 2 is 2.20 bits per heavy atom. The highest BCUT2D eigenvalue weighted by Crippen LogP contribution is 2.18. The predicted molar refractivity (Wildman–Crippen MR) is 83.6 cm³/mol. The number of hydrogen-bond acceptors (Lipinski definition) is 4. The van der Waals surface area contributed by atoms with Crippen LogP contribution in [0.15, 0.2) is 42.0 Å². The maximum Gasteiger partial charge on any atom is 0.0794 e. The summed E-state index contributed by atoms with van der Waals surface area (Å²) in [6.07, 6.45) is 3.26. The lowest BCUT2D eigenvalue weighted by Gasteiger charge is -2.16. The number of likely N-dealkylation sites (tertiary alicyclic amines) is 1. The van der Waals surface area contributed by atoms with Gasteiger partial charge in [-0.15, -0.1) is 11.3 Å². The van der Waals surface area contributed by atoms with Crippen molar-refractivity contribution in [1.29, 1.82) is 0 Å². The minimum Gasteiger partial charge on any atom is -0.311 e. The van der Waals surface area contributed by atoms with E-state index in [1.165, 1.54) is 30.0 Å². The molecule has 0 radical (unpaired) electrons. The van der Waals surface area contributed by atoms with E-state index in [1.807, 2.05) is 11.7 Å². The van der Waals surface area contributed by atoms with E-state index in [1.54, 1.807) is 11.3 Å². The van der Waals surface area contributed by atoms with Crippen LogP contribution in [0.4, 0.5) is 0 Å². The van der Waals surface area contributed by atoms with Crippen molar-refractivity contribution in [2.24, 2.45) is 5.92 Å². The molecule has 1 saturated heterocycles. The monoisotopic (exact) mass is 287 g/mol.